The number of nitrogens with zero attached hydrogens (tertiary/aromatic N) is 1. The molecule has 1 aromatic rings. The molecule has 0 spiro atoms. The molecule has 1 atom stereocenters. The average molecular weight is 289 g/mol. The van der Waals surface area contributed by atoms with Crippen LogP contribution in [-0.4, -0.2) is 38.4 Å². The van der Waals surface area contributed by atoms with Crippen molar-refractivity contribution in [3.63, 3.8) is 0 Å². The molecule has 1 aliphatic heterocycles. The lowest BCUT2D eigenvalue weighted by Gasteiger charge is -2.33. The number of hydrogen-bond donors (Lipinski definition) is 1. The van der Waals surface area contributed by atoms with E-state index in [-0.39, 0.29) is 6.04 Å². The van der Waals surface area contributed by atoms with Crippen LogP contribution in [0.25, 0.3) is 0 Å². The van der Waals surface area contributed by atoms with E-state index < -0.39 is 10.0 Å². The van der Waals surface area contributed by atoms with Crippen LogP contribution in [0.15, 0.2) is 23.1 Å². The summed E-state index contributed by atoms with van der Waals surface area (Å²) in [4.78, 5) is 0.309. The minimum Gasteiger partial charge on any atom is -0.314 e. The molecule has 1 N–H and O–H groups in total. The number of halogens is 1. The zero-order valence-corrected chi connectivity index (χ0v) is 12.1. The Balaban J connectivity index is 2.44. The lowest BCUT2D eigenvalue weighted by molar-refractivity contribution is 0.283. The molecule has 0 aliphatic carbocycles. The Hall–Kier alpha value is -0.620. The van der Waals surface area contributed by atoms with Crippen LogP contribution < -0.4 is 5.32 Å². The Labute approximate surface area is 113 Å². The minimum absolute atomic E-state index is 0.0397. The topological polar surface area (TPSA) is 49.4 Å². The van der Waals surface area contributed by atoms with E-state index in [0.29, 0.717) is 35.1 Å². The van der Waals surface area contributed by atoms with E-state index in [1.807, 2.05) is 6.92 Å². The smallest absolute Gasteiger partial charge is 0.243 e. The van der Waals surface area contributed by atoms with Gasteiger partial charge in [0.25, 0.3) is 0 Å². The van der Waals surface area contributed by atoms with Gasteiger partial charge in [-0.05, 0) is 31.5 Å². The molecule has 18 heavy (non-hydrogen) atoms. The Morgan fingerprint density at radius 1 is 1.44 bits per heavy atom. The van der Waals surface area contributed by atoms with Crippen molar-refractivity contribution in [3.8, 4) is 0 Å². The summed E-state index contributed by atoms with van der Waals surface area (Å²) >= 11 is 6.00. The fourth-order valence-electron chi connectivity index (χ4n) is 2.17. The number of piperazine rings is 1. The summed E-state index contributed by atoms with van der Waals surface area (Å²) in [5.74, 6) is 0. The number of hydrogen-bond acceptors (Lipinski definition) is 3. The molecule has 1 fully saturated rings. The van der Waals surface area contributed by atoms with E-state index in [0.717, 1.165) is 0 Å². The summed E-state index contributed by atoms with van der Waals surface area (Å²) in [5, 5.41) is 3.67. The van der Waals surface area contributed by atoms with Gasteiger partial charge in [-0.2, -0.15) is 4.31 Å². The molecule has 0 saturated carbocycles. The second-order valence-corrected chi connectivity index (χ2v) is 6.80. The van der Waals surface area contributed by atoms with Crippen molar-refractivity contribution in [1.82, 2.24) is 9.62 Å². The lowest BCUT2D eigenvalue weighted by atomic mass is 10.2. The third-order valence-corrected chi connectivity index (χ3v) is 5.81. The molecule has 0 bridgehead atoms. The second kappa shape index (κ2) is 5.17. The van der Waals surface area contributed by atoms with Crippen molar-refractivity contribution < 1.29 is 8.42 Å². The summed E-state index contributed by atoms with van der Waals surface area (Å²) in [6.45, 7) is 5.50. The SMILES string of the molecule is Cc1c(Cl)cccc1S(=O)(=O)N1CCNC[C@@H]1C. The Kier molecular flexibility index (Phi) is 3.96. The van der Waals surface area contributed by atoms with Gasteiger partial charge in [-0.1, -0.05) is 17.7 Å². The molecule has 0 radical (unpaired) electrons. The van der Waals surface area contributed by atoms with Crippen molar-refractivity contribution in [3.05, 3.63) is 28.8 Å². The Morgan fingerprint density at radius 3 is 2.83 bits per heavy atom. The molecular formula is C12H17ClN2O2S. The quantitative estimate of drug-likeness (QED) is 0.900. The van der Waals surface area contributed by atoms with E-state index in [4.69, 9.17) is 11.6 Å². The predicted octanol–water partition coefficient (Wildman–Crippen LogP) is 1.63. The summed E-state index contributed by atoms with van der Waals surface area (Å²) in [7, 11) is -3.46. The Morgan fingerprint density at radius 2 is 2.17 bits per heavy atom. The maximum absolute atomic E-state index is 12.6. The molecule has 1 heterocycles. The van der Waals surface area contributed by atoms with Crippen molar-refractivity contribution in [1.29, 1.82) is 0 Å². The van der Waals surface area contributed by atoms with Gasteiger partial charge in [0.05, 0.1) is 4.90 Å². The first-order chi connectivity index (χ1) is 8.44. The first-order valence-corrected chi connectivity index (χ1v) is 7.74. The standard InChI is InChI=1S/C12H17ClN2O2S/c1-9-8-14-6-7-15(9)18(16,17)12-5-3-4-11(13)10(12)2/h3-5,9,14H,6-8H2,1-2H3/t9-/m0/s1. The highest BCUT2D eigenvalue weighted by Crippen LogP contribution is 2.26. The van der Waals surface area contributed by atoms with E-state index in [9.17, 15) is 8.42 Å². The lowest BCUT2D eigenvalue weighted by Crippen LogP contribution is -2.52. The van der Waals surface area contributed by atoms with Crippen molar-refractivity contribution in [2.45, 2.75) is 24.8 Å². The number of rotatable bonds is 2. The predicted molar refractivity (Wildman–Crippen MR) is 72.4 cm³/mol. The molecule has 4 nitrogen and oxygen atoms in total. The van der Waals surface area contributed by atoms with Crippen molar-refractivity contribution in [2.75, 3.05) is 19.6 Å². The van der Waals surface area contributed by atoms with Crippen molar-refractivity contribution in [2.24, 2.45) is 0 Å². The van der Waals surface area contributed by atoms with Gasteiger partial charge in [0.1, 0.15) is 0 Å². The number of nitrogens with one attached hydrogen (secondary N) is 1. The van der Waals surface area contributed by atoms with Gasteiger partial charge >= 0.3 is 0 Å². The fraction of sp³-hybridized carbons (Fsp3) is 0.500. The monoisotopic (exact) mass is 288 g/mol. The highest BCUT2D eigenvalue weighted by atomic mass is 35.5. The van der Waals surface area contributed by atoms with Gasteiger partial charge < -0.3 is 5.32 Å². The van der Waals surface area contributed by atoms with Gasteiger partial charge in [0, 0.05) is 30.7 Å². The molecular weight excluding hydrogens is 272 g/mol. The van der Waals surface area contributed by atoms with Crippen LogP contribution in [0, 0.1) is 6.92 Å². The van der Waals surface area contributed by atoms with Gasteiger partial charge in [0.15, 0.2) is 0 Å². The largest absolute Gasteiger partial charge is 0.314 e. The van der Waals surface area contributed by atoms with Crippen LogP contribution in [0.4, 0.5) is 0 Å². The molecule has 0 unspecified atom stereocenters. The van der Waals surface area contributed by atoms with Gasteiger partial charge in [-0.3, -0.25) is 0 Å². The zero-order valence-electron chi connectivity index (χ0n) is 10.5. The maximum Gasteiger partial charge on any atom is 0.243 e. The third-order valence-electron chi connectivity index (χ3n) is 3.24. The fourth-order valence-corrected chi connectivity index (χ4v) is 4.28. The van der Waals surface area contributed by atoms with Gasteiger partial charge in [-0.15, -0.1) is 0 Å². The third kappa shape index (κ3) is 2.40. The van der Waals surface area contributed by atoms with E-state index >= 15 is 0 Å². The molecule has 6 heteroatoms. The van der Waals surface area contributed by atoms with Crippen LogP contribution in [0.2, 0.25) is 5.02 Å². The second-order valence-electron chi connectivity index (χ2n) is 4.53. The van der Waals surface area contributed by atoms with Crippen LogP contribution in [-0.2, 0) is 10.0 Å². The normalized spacial score (nSPS) is 22.1. The van der Waals surface area contributed by atoms with E-state index in [1.54, 1.807) is 29.4 Å². The first kappa shape index (κ1) is 13.8. The maximum atomic E-state index is 12.6. The highest BCUT2D eigenvalue weighted by molar-refractivity contribution is 7.89. The highest BCUT2D eigenvalue weighted by Gasteiger charge is 2.32. The first-order valence-electron chi connectivity index (χ1n) is 5.92. The van der Waals surface area contributed by atoms with Crippen LogP contribution in [0.5, 0.6) is 0 Å². The molecule has 2 rings (SSSR count). The number of benzene rings is 1. The summed E-state index contributed by atoms with van der Waals surface area (Å²) < 4.78 is 26.8. The van der Waals surface area contributed by atoms with Gasteiger partial charge in [-0.25, -0.2) is 8.42 Å². The average Bonchev–Trinajstić information content (AvgIpc) is 2.32. The number of sulfonamides is 1. The molecule has 0 amide bonds. The zero-order chi connectivity index (χ0) is 13.3. The van der Waals surface area contributed by atoms with E-state index in [2.05, 4.69) is 5.32 Å². The van der Waals surface area contributed by atoms with E-state index in [1.165, 1.54) is 0 Å². The van der Waals surface area contributed by atoms with Crippen molar-refractivity contribution >= 4 is 21.6 Å². The molecule has 1 aromatic carbocycles. The molecule has 1 saturated heterocycles. The van der Waals surface area contributed by atoms with Gasteiger partial charge in [0.2, 0.25) is 10.0 Å². The van der Waals surface area contributed by atoms with Crippen LogP contribution in [0.1, 0.15) is 12.5 Å². The minimum atomic E-state index is -3.46. The molecule has 100 valence electrons. The summed E-state index contributed by atoms with van der Waals surface area (Å²) in [6.07, 6.45) is 0. The summed E-state index contributed by atoms with van der Waals surface area (Å²) in [5.41, 5.74) is 0.616. The molecule has 1 aliphatic rings. The van der Waals surface area contributed by atoms with Crippen LogP contribution >= 0.6 is 11.6 Å². The summed E-state index contributed by atoms with van der Waals surface area (Å²) in [6, 6.07) is 4.96. The molecule has 0 aromatic heterocycles. The van der Waals surface area contributed by atoms with Crippen LogP contribution in [0.3, 0.4) is 0 Å². The Bertz CT molecular complexity index is 545.